The summed E-state index contributed by atoms with van der Waals surface area (Å²) in [6.45, 7) is 12.7. The zero-order valence-corrected chi connectivity index (χ0v) is 41.1. The van der Waals surface area contributed by atoms with Crippen molar-refractivity contribution in [3.05, 3.63) is 106 Å². The molecule has 3 unspecified atom stereocenters. The number of hydrogen-bond acceptors (Lipinski definition) is 14. The number of aryl methyl sites for hydroxylation is 1. The molecule has 386 valence electrons. The molecular formula is C50H67N7O14. The van der Waals surface area contributed by atoms with E-state index in [9.17, 15) is 33.6 Å². The zero-order valence-electron chi connectivity index (χ0n) is 41.1. The topological polar surface area (TPSA) is 286 Å². The summed E-state index contributed by atoms with van der Waals surface area (Å²) >= 11 is 0. The Morgan fingerprint density at radius 2 is 1.35 bits per heavy atom. The Bertz CT molecular complexity index is 2410. The van der Waals surface area contributed by atoms with Crippen LogP contribution in [-0.2, 0) is 44.7 Å². The first kappa shape index (κ1) is 56.4. The number of amides is 7. The molecule has 0 radical (unpaired) electrons. The number of hydrogen-bond donors (Lipinski definition) is 7. The maximum absolute atomic E-state index is 13.8. The van der Waals surface area contributed by atoms with Gasteiger partial charge >= 0.3 is 23.8 Å². The molecule has 0 saturated heterocycles. The molecule has 4 aromatic rings. The lowest BCUT2D eigenvalue weighted by Gasteiger charge is -2.25. The largest absolute Gasteiger partial charge is 0.476 e. The van der Waals surface area contributed by atoms with Gasteiger partial charge in [-0.2, -0.15) is 0 Å². The van der Waals surface area contributed by atoms with Crippen LogP contribution in [0.25, 0.3) is 11.0 Å². The number of rotatable bonds is 28. The second-order valence-electron chi connectivity index (χ2n) is 17.5. The fourth-order valence-electron chi connectivity index (χ4n) is 6.65. The van der Waals surface area contributed by atoms with Gasteiger partial charge < -0.3 is 70.5 Å². The summed E-state index contributed by atoms with van der Waals surface area (Å²) in [6, 6.07) is 18.7. The number of ether oxygens (including phenoxy) is 6. The predicted octanol–water partition coefficient (Wildman–Crippen LogP) is 4.74. The average Bonchev–Trinajstić information content (AvgIpc) is 3.31. The Hall–Kier alpha value is -7.23. The van der Waals surface area contributed by atoms with Crippen molar-refractivity contribution < 1.29 is 61.6 Å². The van der Waals surface area contributed by atoms with Crippen LogP contribution in [0.1, 0.15) is 70.3 Å². The van der Waals surface area contributed by atoms with E-state index in [0.29, 0.717) is 48.6 Å². The third-order valence-corrected chi connectivity index (χ3v) is 10.1. The van der Waals surface area contributed by atoms with Gasteiger partial charge in [0.05, 0.1) is 39.6 Å². The van der Waals surface area contributed by atoms with Crippen LogP contribution >= 0.6 is 0 Å². The molecule has 0 spiro atoms. The molecule has 0 aliphatic rings. The molecule has 1 heterocycles. The van der Waals surface area contributed by atoms with Crippen molar-refractivity contribution in [2.45, 2.75) is 84.8 Å². The van der Waals surface area contributed by atoms with E-state index in [1.807, 2.05) is 6.07 Å². The Kier molecular flexibility index (Phi) is 23.1. The number of urea groups is 1. The third kappa shape index (κ3) is 21.1. The van der Waals surface area contributed by atoms with Crippen LogP contribution in [0, 0.1) is 12.8 Å². The molecule has 0 bridgehead atoms. The first-order chi connectivity index (χ1) is 33.9. The SMILES string of the molecule is Cc1cc(=O)oc2cc(OC(C(=O)NCCOCCOCCOCCNC(=O)OC(C)(C)C)c3ccc(NC(=O)C(CCCNC(N)=O)NC(=O)C(NC(=O)OCc4ccccc4)C(C)C)cc3)ccc12. The standard InChI is InChI=1S/C50H67N7O14/c1-32(2)42(57-49(64)68-31-34-11-8-7-9-12-34)45(60)56-39(13-10-20-53-47(51)62)44(59)55-36-16-14-35(15-17-36)43(69-37-18-19-38-33(3)29-41(58)70-40(38)30-37)46(61)52-21-23-65-25-27-67-28-26-66-24-22-54-48(63)71-50(4,5)6/h7-9,11-12,14-19,29-30,32,39,42-43H,10,13,20-28,31H2,1-6H3,(H,52,61)(H,54,63)(H,55,59)(H,56,60)(H,57,64)(H3,51,53,62). The monoisotopic (exact) mass is 989 g/mol. The van der Waals surface area contributed by atoms with E-state index < -0.39 is 71.3 Å². The molecule has 8 N–H and O–H groups in total. The molecule has 0 aliphatic heterocycles. The van der Waals surface area contributed by atoms with Crippen LogP contribution < -0.4 is 48.0 Å². The van der Waals surface area contributed by atoms with Gasteiger partial charge in [-0.15, -0.1) is 0 Å². The highest BCUT2D eigenvalue weighted by atomic mass is 16.6. The number of anilines is 1. The van der Waals surface area contributed by atoms with E-state index in [1.165, 1.54) is 12.1 Å². The van der Waals surface area contributed by atoms with E-state index in [4.69, 9.17) is 38.6 Å². The smallest absolute Gasteiger partial charge is 0.408 e. The summed E-state index contributed by atoms with van der Waals surface area (Å²) in [5.74, 6) is -1.90. The molecular weight excluding hydrogens is 923 g/mol. The molecule has 0 aliphatic carbocycles. The lowest BCUT2D eigenvalue weighted by Crippen LogP contribution is -2.54. The molecule has 4 rings (SSSR count). The van der Waals surface area contributed by atoms with Gasteiger partial charge in [0.1, 0.15) is 35.6 Å². The minimum absolute atomic E-state index is 0.0121. The number of benzene rings is 3. The van der Waals surface area contributed by atoms with Crippen molar-refractivity contribution in [2.75, 3.05) is 64.6 Å². The Balaban J connectivity index is 1.36. The van der Waals surface area contributed by atoms with Gasteiger partial charge in [0.15, 0.2) is 0 Å². The van der Waals surface area contributed by atoms with Crippen molar-refractivity contribution in [3.8, 4) is 5.75 Å². The minimum atomic E-state index is -1.22. The van der Waals surface area contributed by atoms with Crippen LogP contribution in [0.4, 0.5) is 20.1 Å². The quantitative estimate of drug-likeness (QED) is 0.0299. The maximum Gasteiger partial charge on any atom is 0.408 e. The van der Waals surface area contributed by atoms with Crippen LogP contribution in [0.5, 0.6) is 5.75 Å². The summed E-state index contributed by atoms with van der Waals surface area (Å²) in [7, 11) is 0. The van der Waals surface area contributed by atoms with E-state index >= 15 is 0 Å². The van der Waals surface area contributed by atoms with E-state index in [1.54, 1.807) is 102 Å². The number of fused-ring (bicyclic) bond motifs is 1. The molecule has 7 amide bonds. The fraction of sp³-hybridized carbons (Fsp3) is 0.460. The van der Waals surface area contributed by atoms with Crippen molar-refractivity contribution in [1.82, 2.24) is 26.6 Å². The molecule has 0 fully saturated rings. The number of carbonyl (C=O) groups excluding carboxylic acids is 6. The number of nitrogens with one attached hydrogen (secondary N) is 6. The molecule has 21 heteroatoms. The molecule has 3 atom stereocenters. The summed E-state index contributed by atoms with van der Waals surface area (Å²) in [4.78, 5) is 89.1. The highest BCUT2D eigenvalue weighted by molar-refractivity contribution is 5.98. The second kappa shape index (κ2) is 29.1. The summed E-state index contributed by atoms with van der Waals surface area (Å²) in [5, 5.41) is 16.7. The average molecular weight is 990 g/mol. The van der Waals surface area contributed by atoms with Crippen molar-refractivity contribution in [1.29, 1.82) is 0 Å². The van der Waals surface area contributed by atoms with Crippen molar-refractivity contribution >= 4 is 52.6 Å². The van der Waals surface area contributed by atoms with E-state index in [2.05, 4.69) is 31.9 Å². The number of alkyl carbamates (subject to hydrolysis) is 2. The van der Waals surface area contributed by atoms with Gasteiger partial charge in [-0.05, 0) is 81.8 Å². The number of carbonyl (C=O) groups is 6. The highest BCUT2D eigenvalue weighted by Gasteiger charge is 2.30. The molecule has 3 aromatic carbocycles. The molecule has 1 aromatic heterocycles. The van der Waals surface area contributed by atoms with Gasteiger partial charge in [-0.3, -0.25) is 14.4 Å². The predicted molar refractivity (Wildman–Crippen MR) is 263 cm³/mol. The van der Waals surface area contributed by atoms with Crippen LogP contribution in [0.15, 0.2) is 88.1 Å². The van der Waals surface area contributed by atoms with Crippen LogP contribution in [-0.4, -0.2) is 113 Å². The zero-order chi connectivity index (χ0) is 51.8. The van der Waals surface area contributed by atoms with Gasteiger partial charge in [-0.1, -0.05) is 56.3 Å². The number of primary amides is 1. The fourth-order valence-corrected chi connectivity index (χ4v) is 6.65. The van der Waals surface area contributed by atoms with Gasteiger partial charge in [-0.25, -0.2) is 19.2 Å². The van der Waals surface area contributed by atoms with Crippen LogP contribution in [0.3, 0.4) is 0 Å². The third-order valence-electron chi connectivity index (χ3n) is 10.1. The maximum atomic E-state index is 13.8. The number of nitrogens with two attached hydrogens (primary N) is 1. The van der Waals surface area contributed by atoms with Gasteiger partial charge in [0, 0.05) is 48.4 Å². The van der Waals surface area contributed by atoms with E-state index in [0.717, 1.165) is 5.56 Å². The van der Waals surface area contributed by atoms with Gasteiger partial charge in [0.25, 0.3) is 5.91 Å². The van der Waals surface area contributed by atoms with Gasteiger partial charge in [0.2, 0.25) is 17.9 Å². The Morgan fingerprint density at radius 3 is 1.99 bits per heavy atom. The minimum Gasteiger partial charge on any atom is -0.476 e. The first-order valence-electron chi connectivity index (χ1n) is 23.3. The van der Waals surface area contributed by atoms with Crippen molar-refractivity contribution in [3.63, 3.8) is 0 Å². The summed E-state index contributed by atoms with van der Waals surface area (Å²) in [6.07, 6.45) is -2.20. The second-order valence-corrected chi connectivity index (χ2v) is 17.5. The summed E-state index contributed by atoms with van der Waals surface area (Å²) in [5.41, 5.74) is 6.55. The lowest BCUT2D eigenvalue weighted by atomic mass is 10.0. The van der Waals surface area contributed by atoms with E-state index in [-0.39, 0.29) is 63.7 Å². The Morgan fingerprint density at radius 1 is 0.704 bits per heavy atom. The molecule has 71 heavy (non-hydrogen) atoms. The highest BCUT2D eigenvalue weighted by Crippen LogP contribution is 2.28. The Labute approximate surface area is 412 Å². The molecule has 0 saturated carbocycles. The summed E-state index contributed by atoms with van der Waals surface area (Å²) < 4.78 is 38.7. The first-order valence-corrected chi connectivity index (χ1v) is 23.3. The van der Waals surface area contributed by atoms with Crippen molar-refractivity contribution in [2.24, 2.45) is 11.7 Å². The van der Waals surface area contributed by atoms with Crippen LogP contribution in [0.2, 0.25) is 0 Å². The normalized spacial score (nSPS) is 12.5. The lowest BCUT2D eigenvalue weighted by molar-refractivity contribution is -0.128. The molecule has 21 nitrogen and oxygen atoms in total.